The smallest absolute Gasteiger partial charge is 0.141 e. The molecule has 0 spiro atoms. The minimum atomic E-state index is -0.0116. The van der Waals surface area contributed by atoms with Gasteiger partial charge in [0, 0.05) is 31.3 Å². The van der Waals surface area contributed by atoms with Gasteiger partial charge < -0.3 is 9.74 Å². The quantitative estimate of drug-likeness (QED) is 0.654. The Bertz CT molecular complexity index is 728. The SMILES string of the molecule is CN1CC[C@H](O/N=C2/C=C3CCC4C(CC[C@]5(C)C(=O)CCC45)[C@@]3(C)CC2)C1. The van der Waals surface area contributed by atoms with E-state index in [9.17, 15) is 4.79 Å². The maximum atomic E-state index is 12.6. The predicted octanol–water partition coefficient (Wildman–Crippen LogP) is 4.60. The second-order valence-electron chi connectivity index (χ2n) is 10.8. The lowest BCUT2D eigenvalue weighted by atomic mass is 9.47. The first-order valence-electron chi connectivity index (χ1n) is 11.6. The minimum Gasteiger partial charge on any atom is -0.391 e. The van der Waals surface area contributed by atoms with Crippen molar-refractivity contribution in [1.29, 1.82) is 0 Å². The van der Waals surface area contributed by atoms with Gasteiger partial charge in [0.15, 0.2) is 0 Å². The van der Waals surface area contributed by atoms with Crippen LogP contribution in [0.5, 0.6) is 0 Å². The van der Waals surface area contributed by atoms with Gasteiger partial charge in [0.1, 0.15) is 11.9 Å². The summed E-state index contributed by atoms with van der Waals surface area (Å²) in [6.45, 7) is 6.90. The first-order chi connectivity index (χ1) is 13.4. The maximum Gasteiger partial charge on any atom is 0.141 e. The highest BCUT2D eigenvalue weighted by Crippen LogP contribution is 2.64. The highest BCUT2D eigenvalue weighted by molar-refractivity contribution is 5.96. The van der Waals surface area contributed by atoms with Crippen LogP contribution >= 0.6 is 0 Å². The van der Waals surface area contributed by atoms with Crippen LogP contribution in [0, 0.1) is 28.6 Å². The molecule has 0 bridgehead atoms. The van der Waals surface area contributed by atoms with Gasteiger partial charge in [-0.15, -0.1) is 0 Å². The summed E-state index contributed by atoms with van der Waals surface area (Å²) >= 11 is 0. The van der Waals surface area contributed by atoms with E-state index in [0.29, 0.717) is 17.1 Å². The first-order valence-corrected chi connectivity index (χ1v) is 11.6. The lowest BCUT2D eigenvalue weighted by Gasteiger charge is -2.57. The molecule has 6 atom stereocenters. The molecule has 3 saturated carbocycles. The van der Waals surface area contributed by atoms with Gasteiger partial charge in [0.05, 0.1) is 5.71 Å². The summed E-state index contributed by atoms with van der Waals surface area (Å²) in [4.78, 5) is 20.8. The van der Waals surface area contributed by atoms with Gasteiger partial charge in [-0.2, -0.15) is 0 Å². The summed E-state index contributed by atoms with van der Waals surface area (Å²) in [5.74, 6) is 2.68. The number of hydrogen-bond donors (Lipinski definition) is 0. The van der Waals surface area contributed by atoms with Crippen molar-refractivity contribution in [2.24, 2.45) is 33.7 Å². The van der Waals surface area contributed by atoms with Crippen molar-refractivity contribution in [2.75, 3.05) is 20.1 Å². The van der Waals surface area contributed by atoms with Crippen molar-refractivity contribution in [3.05, 3.63) is 11.6 Å². The number of likely N-dealkylation sites (N-methyl/N-ethyl adjacent to an activating group) is 1. The molecule has 3 unspecified atom stereocenters. The summed E-state index contributed by atoms with van der Waals surface area (Å²) < 4.78 is 0. The summed E-state index contributed by atoms with van der Waals surface area (Å²) in [5, 5.41) is 4.57. The number of fused-ring (bicyclic) bond motifs is 5. The topological polar surface area (TPSA) is 41.9 Å². The molecule has 4 aliphatic carbocycles. The molecule has 0 aromatic heterocycles. The molecule has 0 N–H and O–H groups in total. The van der Waals surface area contributed by atoms with Crippen molar-refractivity contribution in [2.45, 2.75) is 77.7 Å². The molecule has 154 valence electrons. The fourth-order valence-corrected chi connectivity index (χ4v) is 7.54. The second kappa shape index (κ2) is 6.68. The Morgan fingerprint density at radius 1 is 1.04 bits per heavy atom. The molecule has 1 saturated heterocycles. The van der Waals surface area contributed by atoms with Crippen LogP contribution in [0.3, 0.4) is 0 Å². The van der Waals surface area contributed by atoms with Crippen LogP contribution in [-0.4, -0.2) is 42.6 Å². The number of nitrogens with zero attached hydrogens (tertiary/aromatic N) is 2. The van der Waals surface area contributed by atoms with E-state index in [1.165, 1.54) is 25.7 Å². The molecule has 0 aromatic rings. The van der Waals surface area contributed by atoms with Gasteiger partial charge in [0.2, 0.25) is 0 Å². The van der Waals surface area contributed by atoms with Crippen molar-refractivity contribution in [1.82, 2.24) is 4.90 Å². The summed E-state index contributed by atoms with van der Waals surface area (Å²) in [6.07, 6.45) is 12.7. The predicted molar refractivity (Wildman–Crippen MR) is 111 cm³/mol. The van der Waals surface area contributed by atoms with Crippen molar-refractivity contribution in [3.63, 3.8) is 0 Å². The zero-order chi connectivity index (χ0) is 19.5. The van der Waals surface area contributed by atoms with Gasteiger partial charge in [-0.25, -0.2) is 0 Å². The maximum absolute atomic E-state index is 12.6. The van der Waals surface area contributed by atoms with E-state index in [1.54, 1.807) is 5.57 Å². The number of likely N-dealkylation sites (tertiary alicyclic amines) is 1. The third-order valence-corrected chi connectivity index (χ3v) is 9.35. The fourth-order valence-electron chi connectivity index (χ4n) is 7.54. The molecule has 4 heteroatoms. The summed E-state index contributed by atoms with van der Waals surface area (Å²) in [5.41, 5.74) is 3.06. The van der Waals surface area contributed by atoms with Gasteiger partial charge in [-0.3, -0.25) is 4.79 Å². The Morgan fingerprint density at radius 3 is 2.64 bits per heavy atom. The van der Waals surface area contributed by atoms with Crippen LogP contribution in [0.15, 0.2) is 16.8 Å². The first kappa shape index (κ1) is 18.8. The number of rotatable bonds is 2. The van der Waals surface area contributed by atoms with Gasteiger partial charge in [-0.05, 0) is 81.2 Å². The molecule has 0 aromatic carbocycles. The standard InChI is InChI=1S/C24H36N2O2/c1-23-11-8-17(25-28-18-10-13-26(3)15-18)14-16(23)4-5-19-20-6-7-22(27)24(20,2)12-9-21(19)23/h14,18-21H,4-13,15H2,1-3H3/b25-17+/t18-,19?,20?,21?,23-,24-/m0/s1. The average molecular weight is 385 g/mol. The van der Waals surface area contributed by atoms with Gasteiger partial charge in [-0.1, -0.05) is 24.6 Å². The third kappa shape index (κ3) is 2.81. The van der Waals surface area contributed by atoms with E-state index in [4.69, 9.17) is 4.84 Å². The monoisotopic (exact) mass is 384 g/mol. The van der Waals surface area contributed by atoms with Crippen molar-refractivity contribution in [3.8, 4) is 0 Å². The summed E-state index contributed by atoms with van der Waals surface area (Å²) in [6, 6.07) is 0. The van der Waals surface area contributed by atoms with E-state index < -0.39 is 0 Å². The number of carbonyl (C=O) groups excluding carboxylic acids is 1. The van der Waals surface area contributed by atoms with Gasteiger partial charge in [0.25, 0.3) is 0 Å². The van der Waals surface area contributed by atoms with Crippen LogP contribution in [0.25, 0.3) is 0 Å². The van der Waals surface area contributed by atoms with E-state index in [1.807, 2.05) is 0 Å². The van der Waals surface area contributed by atoms with E-state index >= 15 is 0 Å². The van der Waals surface area contributed by atoms with Gasteiger partial charge >= 0.3 is 0 Å². The third-order valence-electron chi connectivity index (χ3n) is 9.35. The fraction of sp³-hybridized carbons (Fsp3) is 0.833. The number of ketones is 1. The number of allylic oxidation sites excluding steroid dienone is 2. The molecule has 5 rings (SSSR count). The Balaban J connectivity index is 1.34. The number of oxime groups is 1. The Labute approximate surface area is 169 Å². The van der Waals surface area contributed by atoms with Crippen LogP contribution in [-0.2, 0) is 9.63 Å². The zero-order valence-electron chi connectivity index (χ0n) is 17.9. The highest BCUT2D eigenvalue weighted by atomic mass is 16.6. The van der Waals surface area contributed by atoms with Crippen molar-refractivity contribution < 1.29 is 9.63 Å². The molecule has 28 heavy (non-hydrogen) atoms. The largest absolute Gasteiger partial charge is 0.391 e. The second-order valence-corrected chi connectivity index (χ2v) is 10.8. The number of carbonyl (C=O) groups is 1. The Morgan fingerprint density at radius 2 is 1.86 bits per heavy atom. The minimum absolute atomic E-state index is 0.0116. The molecule has 1 aliphatic heterocycles. The van der Waals surface area contributed by atoms with E-state index in [0.717, 1.165) is 62.7 Å². The average Bonchev–Trinajstić information content (AvgIpc) is 3.23. The molecular formula is C24H36N2O2. The van der Waals surface area contributed by atoms with E-state index in [-0.39, 0.29) is 11.5 Å². The molecule has 5 aliphatic rings. The lowest BCUT2D eigenvalue weighted by Crippen LogP contribution is -2.50. The molecular weight excluding hydrogens is 348 g/mol. The molecule has 4 fully saturated rings. The van der Waals surface area contributed by atoms with Crippen LogP contribution in [0.2, 0.25) is 0 Å². The summed E-state index contributed by atoms with van der Waals surface area (Å²) in [7, 11) is 2.15. The highest BCUT2D eigenvalue weighted by Gasteiger charge is 2.58. The van der Waals surface area contributed by atoms with Crippen LogP contribution < -0.4 is 0 Å². The van der Waals surface area contributed by atoms with E-state index in [2.05, 4.69) is 37.0 Å². The number of hydrogen-bond acceptors (Lipinski definition) is 4. The Kier molecular flexibility index (Phi) is 4.50. The normalized spacial score (nSPS) is 47.5. The Hall–Kier alpha value is -1.16. The van der Waals surface area contributed by atoms with Crippen LogP contribution in [0.1, 0.15) is 71.6 Å². The zero-order valence-corrected chi connectivity index (χ0v) is 17.9. The number of Topliss-reactive ketones (excluding diaryl/α,β-unsaturated/α-hetero) is 1. The lowest BCUT2D eigenvalue weighted by molar-refractivity contribution is -0.132. The van der Waals surface area contributed by atoms with Crippen molar-refractivity contribution >= 4 is 11.5 Å². The molecule has 1 heterocycles. The molecule has 0 radical (unpaired) electrons. The van der Waals surface area contributed by atoms with Crippen LogP contribution in [0.4, 0.5) is 0 Å². The molecule has 0 amide bonds. The molecule has 4 nitrogen and oxygen atoms in total.